The van der Waals surface area contributed by atoms with E-state index >= 15 is 0 Å². The fourth-order valence-corrected chi connectivity index (χ4v) is 3.09. The number of imidazole rings is 1. The number of nitro benzene ring substituents is 1. The highest BCUT2D eigenvalue weighted by molar-refractivity contribution is 5.94. The minimum atomic E-state index is -0.539. The molecule has 1 amide bonds. The molecule has 0 aliphatic carbocycles. The van der Waals surface area contributed by atoms with Gasteiger partial charge in [0.25, 0.3) is 5.69 Å². The van der Waals surface area contributed by atoms with Gasteiger partial charge in [-0.1, -0.05) is 0 Å². The van der Waals surface area contributed by atoms with Crippen LogP contribution in [0, 0.1) is 15.9 Å². The van der Waals surface area contributed by atoms with E-state index in [0.717, 1.165) is 0 Å². The molecule has 4 rings (SSSR count). The van der Waals surface area contributed by atoms with Crippen LogP contribution in [0.25, 0.3) is 11.0 Å². The van der Waals surface area contributed by atoms with Gasteiger partial charge in [-0.05, 0) is 24.3 Å². The van der Waals surface area contributed by atoms with E-state index in [0.29, 0.717) is 47.7 Å². The summed E-state index contributed by atoms with van der Waals surface area (Å²) in [6.07, 6.45) is -0.0279. The molecule has 2 N–H and O–H groups in total. The largest absolute Gasteiger partial charge is 0.447 e. The first-order chi connectivity index (χ1) is 13.5. The number of nitro groups is 1. The lowest BCUT2D eigenvalue weighted by atomic mass is 10.2. The van der Waals surface area contributed by atoms with Crippen molar-refractivity contribution in [3.8, 4) is 0 Å². The molecule has 9 nitrogen and oxygen atoms in total. The minimum absolute atomic E-state index is 0.112. The number of fused-ring (bicyclic) bond motifs is 1. The number of H-pyrrole nitrogens is 1. The molecule has 0 bridgehead atoms. The molecule has 0 saturated carbocycles. The van der Waals surface area contributed by atoms with Crippen LogP contribution >= 0.6 is 0 Å². The number of aromatic nitrogens is 2. The highest BCUT2D eigenvalue weighted by atomic mass is 19.1. The SMILES string of the molecule is O=C1OCCN1c1cc([N+](=O)[O-])ccc1NCCc1nc2ccc(F)cc2[nH]1. The standard InChI is InChI=1S/C18H16FN5O4/c19-11-1-3-13-15(9-11)22-17(21-13)5-6-20-14-4-2-12(24(26)27)10-16(14)23-7-8-28-18(23)25/h1-4,9-10,20H,5-8H2,(H,21,22). The Balaban J connectivity index is 1.51. The number of halogens is 1. The molecule has 10 heteroatoms. The lowest BCUT2D eigenvalue weighted by molar-refractivity contribution is -0.384. The molecule has 1 fully saturated rings. The van der Waals surface area contributed by atoms with Crippen LogP contribution in [0.3, 0.4) is 0 Å². The summed E-state index contributed by atoms with van der Waals surface area (Å²) in [5.74, 6) is 0.339. The van der Waals surface area contributed by atoms with E-state index in [1.165, 1.54) is 29.2 Å². The molecule has 0 spiro atoms. The van der Waals surface area contributed by atoms with Gasteiger partial charge in [-0.2, -0.15) is 0 Å². The van der Waals surface area contributed by atoms with E-state index in [1.807, 2.05) is 0 Å². The Morgan fingerprint density at radius 3 is 2.93 bits per heavy atom. The van der Waals surface area contributed by atoms with E-state index in [2.05, 4.69) is 15.3 Å². The van der Waals surface area contributed by atoms with Crippen LogP contribution < -0.4 is 10.2 Å². The Labute approximate surface area is 158 Å². The molecule has 0 unspecified atom stereocenters. The average molecular weight is 385 g/mol. The molecule has 28 heavy (non-hydrogen) atoms. The van der Waals surface area contributed by atoms with E-state index in [-0.39, 0.29) is 18.1 Å². The maximum absolute atomic E-state index is 13.3. The molecule has 1 aliphatic heterocycles. The van der Waals surface area contributed by atoms with Crippen molar-refractivity contribution < 1.29 is 18.8 Å². The van der Waals surface area contributed by atoms with Crippen LogP contribution in [0.5, 0.6) is 0 Å². The zero-order valence-electron chi connectivity index (χ0n) is 14.6. The minimum Gasteiger partial charge on any atom is -0.447 e. The van der Waals surface area contributed by atoms with Gasteiger partial charge in [0.05, 0.1) is 33.9 Å². The maximum Gasteiger partial charge on any atom is 0.414 e. The van der Waals surface area contributed by atoms with Gasteiger partial charge in [-0.25, -0.2) is 14.2 Å². The van der Waals surface area contributed by atoms with Crippen molar-refractivity contribution in [2.45, 2.75) is 6.42 Å². The summed E-state index contributed by atoms with van der Waals surface area (Å²) in [7, 11) is 0. The van der Waals surface area contributed by atoms with Crippen molar-refractivity contribution in [1.29, 1.82) is 0 Å². The molecular weight excluding hydrogens is 369 g/mol. The number of non-ortho nitro benzene ring substituents is 1. The Morgan fingerprint density at radius 1 is 1.32 bits per heavy atom. The molecule has 2 aromatic carbocycles. The molecule has 2 heterocycles. The van der Waals surface area contributed by atoms with Crippen LogP contribution in [-0.2, 0) is 11.2 Å². The van der Waals surface area contributed by atoms with Gasteiger partial charge < -0.3 is 15.0 Å². The number of amides is 1. The number of carbonyl (C=O) groups excluding carboxylic acids is 1. The van der Waals surface area contributed by atoms with Gasteiger partial charge in [0.15, 0.2) is 0 Å². The molecule has 3 aromatic rings. The summed E-state index contributed by atoms with van der Waals surface area (Å²) < 4.78 is 18.2. The van der Waals surface area contributed by atoms with Gasteiger partial charge in [-0.3, -0.25) is 15.0 Å². The van der Waals surface area contributed by atoms with Crippen molar-refractivity contribution in [2.24, 2.45) is 0 Å². The molecular formula is C18H16FN5O4. The van der Waals surface area contributed by atoms with Gasteiger partial charge in [-0.15, -0.1) is 0 Å². The Kier molecular flexibility index (Phi) is 4.52. The van der Waals surface area contributed by atoms with Crippen molar-refractivity contribution in [2.75, 3.05) is 29.9 Å². The highest BCUT2D eigenvalue weighted by Crippen LogP contribution is 2.32. The molecule has 0 radical (unpaired) electrons. The fourth-order valence-electron chi connectivity index (χ4n) is 3.09. The van der Waals surface area contributed by atoms with Gasteiger partial charge in [0, 0.05) is 25.1 Å². The molecule has 0 atom stereocenters. The van der Waals surface area contributed by atoms with Crippen LogP contribution in [0.2, 0.25) is 0 Å². The average Bonchev–Trinajstić information content (AvgIpc) is 3.27. The van der Waals surface area contributed by atoms with Gasteiger partial charge >= 0.3 is 6.09 Å². The number of nitrogens with one attached hydrogen (secondary N) is 2. The number of aromatic amines is 1. The monoisotopic (exact) mass is 385 g/mol. The number of benzene rings is 2. The molecule has 1 saturated heterocycles. The fraction of sp³-hybridized carbons (Fsp3) is 0.222. The molecule has 1 aromatic heterocycles. The zero-order chi connectivity index (χ0) is 19.7. The second-order valence-electron chi connectivity index (χ2n) is 6.25. The Bertz CT molecular complexity index is 1070. The van der Waals surface area contributed by atoms with Crippen LogP contribution in [0.4, 0.5) is 26.2 Å². The third-order valence-corrected chi connectivity index (χ3v) is 4.41. The van der Waals surface area contributed by atoms with Crippen LogP contribution in [-0.4, -0.2) is 40.7 Å². The van der Waals surface area contributed by atoms with Crippen molar-refractivity contribution in [3.63, 3.8) is 0 Å². The second kappa shape index (κ2) is 7.14. The van der Waals surface area contributed by atoms with Crippen LogP contribution in [0.15, 0.2) is 36.4 Å². The Morgan fingerprint density at radius 2 is 2.18 bits per heavy atom. The summed E-state index contributed by atoms with van der Waals surface area (Å²) in [6, 6.07) is 8.62. The number of nitrogens with zero attached hydrogens (tertiary/aromatic N) is 3. The summed E-state index contributed by atoms with van der Waals surface area (Å²) in [6.45, 7) is 1.01. The lowest BCUT2D eigenvalue weighted by Crippen LogP contribution is -2.25. The number of rotatable bonds is 6. The highest BCUT2D eigenvalue weighted by Gasteiger charge is 2.27. The Hall–Kier alpha value is -3.69. The quantitative estimate of drug-likeness (QED) is 0.497. The molecule has 144 valence electrons. The topological polar surface area (TPSA) is 113 Å². The normalized spacial score (nSPS) is 13.8. The number of carbonyl (C=O) groups is 1. The zero-order valence-corrected chi connectivity index (χ0v) is 14.6. The lowest BCUT2D eigenvalue weighted by Gasteiger charge is -2.18. The summed E-state index contributed by atoms with van der Waals surface area (Å²) in [5.41, 5.74) is 2.15. The first-order valence-electron chi connectivity index (χ1n) is 8.62. The van der Waals surface area contributed by atoms with E-state index < -0.39 is 11.0 Å². The predicted octanol–water partition coefficient (Wildman–Crippen LogP) is 3.22. The van der Waals surface area contributed by atoms with Gasteiger partial charge in [0.1, 0.15) is 18.2 Å². The predicted molar refractivity (Wildman–Crippen MR) is 100 cm³/mol. The maximum atomic E-state index is 13.3. The molecule has 1 aliphatic rings. The third-order valence-electron chi connectivity index (χ3n) is 4.41. The van der Waals surface area contributed by atoms with Gasteiger partial charge in [0.2, 0.25) is 0 Å². The summed E-state index contributed by atoms with van der Waals surface area (Å²) >= 11 is 0. The smallest absolute Gasteiger partial charge is 0.414 e. The van der Waals surface area contributed by atoms with Crippen molar-refractivity contribution >= 4 is 34.2 Å². The first kappa shape index (κ1) is 17.7. The van der Waals surface area contributed by atoms with E-state index in [4.69, 9.17) is 4.74 Å². The summed E-state index contributed by atoms with van der Waals surface area (Å²) in [5, 5.41) is 14.3. The number of cyclic esters (lactones) is 1. The second-order valence-corrected chi connectivity index (χ2v) is 6.25. The summed E-state index contributed by atoms with van der Waals surface area (Å²) in [4.78, 5) is 31.3. The van der Waals surface area contributed by atoms with E-state index in [1.54, 1.807) is 12.1 Å². The van der Waals surface area contributed by atoms with Crippen LogP contribution in [0.1, 0.15) is 5.82 Å². The number of anilines is 2. The van der Waals surface area contributed by atoms with Crippen molar-refractivity contribution in [1.82, 2.24) is 9.97 Å². The van der Waals surface area contributed by atoms with Crippen molar-refractivity contribution in [3.05, 3.63) is 58.2 Å². The third kappa shape index (κ3) is 3.43. The number of hydrogen-bond donors (Lipinski definition) is 2. The number of ether oxygens (including phenoxy) is 1. The number of hydrogen-bond acceptors (Lipinski definition) is 6. The first-order valence-corrected chi connectivity index (χ1v) is 8.62. The van der Waals surface area contributed by atoms with E-state index in [9.17, 15) is 19.3 Å².